The minimum atomic E-state index is -0.516. The summed E-state index contributed by atoms with van der Waals surface area (Å²) in [4.78, 5) is 36.9. The van der Waals surface area contributed by atoms with Crippen molar-refractivity contribution in [1.82, 2.24) is 4.90 Å². The molecule has 1 aromatic heterocycles. The van der Waals surface area contributed by atoms with Crippen LogP contribution in [0.25, 0.3) is 6.08 Å². The SMILES string of the molecule is O=C1S/C(=C\c2ccc(Cl)s2)C(=O)N1Cc1cccc([N+](=O)[O-])c1. The van der Waals surface area contributed by atoms with Gasteiger partial charge < -0.3 is 0 Å². The molecule has 2 amide bonds. The number of amides is 2. The second kappa shape index (κ2) is 6.76. The Labute approximate surface area is 149 Å². The van der Waals surface area contributed by atoms with Crippen LogP contribution in [0.4, 0.5) is 10.5 Å². The highest BCUT2D eigenvalue weighted by Crippen LogP contribution is 2.35. The van der Waals surface area contributed by atoms with Crippen molar-refractivity contribution in [3.05, 3.63) is 66.2 Å². The molecule has 1 saturated heterocycles. The van der Waals surface area contributed by atoms with E-state index in [1.165, 1.54) is 29.5 Å². The Balaban J connectivity index is 1.81. The zero-order valence-electron chi connectivity index (χ0n) is 12.0. The van der Waals surface area contributed by atoms with E-state index in [1.807, 2.05) is 0 Å². The van der Waals surface area contributed by atoms with Gasteiger partial charge in [-0.1, -0.05) is 23.7 Å². The summed E-state index contributed by atoms with van der Waals surface area (Å²) in [6, 6.07) is 9.35. The summed E-state index contributed by atoms with van der Waals surface area (Å²) in [5, 5.41) is 10.4. The number of non-ortho nitro benzene ring substituents is 1. The van der Waals surface area contributed by atoms with Crippen LogP contribution in [0.1, 0.15) is 10.4 Å². The average Bonchev–Trinajstić information content (AvgIpc) is 3.06. The van der Waals surface area contributed by atoms with E-state index >= 15 is 0 Å². The van der Waals surface area contributed by atoms with Gasteiger partial charge in [0.2, 0.25) is 0 Å². The number of hydrogen-bond acceptors (Lipinski definition) is 6. The summed E-state index contributed by atoms with van der Waals surface area (Å²) in [6.07, 6.45) is 1.62. The van der Waals surface area contributed by atoms with Crippen LogP contribution < -0.4 is 0 Å². The van der Waals surface area contributed by atoms with Gasteiger partial charge in [-0.3, -0.25) is 24.6 Å². The maximum absolute atomic E-state index is 12.4. The fourth-order valence-electron chi connectivity index (χ4n) is 2.12. The Morgan fingerprint density at radius 1 is 1.25 bits per heavy atom. The highest BCUT2D eigenvalue weighted by atomic mass is 35.5. The quantitative estimate of drug-likeness (QED) is 0.441. The summed E-state index contributed by atoms with van der Waals surface area (Å²) >= 11 is 8.00. The van der Waals surface area contributed by atoms with E-state index < -0.39 is 16.1 Å². The number of imide groups is 1. The number of hydrogen-bond donors (Lipinski definition) is 0. The lowest BCUT2D eigenvalue weighted by atomic mass is 10.2. The van der Waals surface area contributed by atoms with Gasteiger partial charge in [-0.25, -0.2) is 0 Å². The number of rotatable bonds is 4. The molecule has 1 aliphatic rings. The lowest BCUT2D eigenvalue weighted by molar-refractivity contribution is -0.384. The van der Waals surface area contributed by atoms with Crippen molar-refractivity contribution in [2.75, 3.05) is 0 Å². The number of carbonyl (C=O) groups is 2. The summed E-state index contributed by atoms with van der Waals surface area (Å²) in [6.45, 7) is -0.00508. The lowest BCUT2D eigenvalue weighted by Crippen LogP contribution is -2.27. The van der Waals surface area contributed by atoms with Crippen molar-refractivity contribution in [2.45, 2.75) is 6.54 Å². The Hall–Kier alpha value is -2.16. The maximum atomic E-state index is 12.4. The van der Waals surface area contributed by atoms with Gasteiger partial charge >= 0.3 is 0 Å². The first-order chi connectivity index (χ1) is 11.4. The third-order valence-electron chi connectivity index (χ3n) is 3.20. The zero-order valence-corrected chi connectivity index (χ0v) is 14.4. The van der Waals surface area contributed by atoms with Crippen molar-refractivity contribution >= 4 is 57.6 Å². The van der Waals surface area contributed by atoms with E-state index in [1.54, 1.807) is 24.3 Å². The molecule has 0 aliphatic carbocycles. The van der Waals surface area contributed by atoms with E-state index in [0.29, 0.717) is 14.8 Å². The van der Waals surface area contributed by atoms with Gasteiger partial charge in [0.1, 0.15) is 0 Å². The van der Waals surface area contributed by atoms with Crippen LogP contribution in [0.3, 0.4) is 0 Å². The molecule has 2 aromatic rings. The average molecular weight is 381 g/mol. The molecular formula is C15H9ClN2O4S2. The molecule has 6 nitrogen and oxygen atoms in total. The predicted octanol–water partition coefficient (Wildman–Crippen LogP) is 4.55. The molecule has 0 unspecified atom stereocenters. The molecule has 122 valence electrons. The molecule has 0 radical (unpaired) electrons. The molecule has 1 aromatic carbocycles. The number of thiophene rings is 1. The van der Waals surface area contributed by atoms with E-state index in [2.05, 4.69) is 0 Å². The van der Waals surface area contributed by atoms with Gasteiger partial charge in [0, 0.05) is 17.0 Å². The molecule has 2 heterocycles. The lowest BCUT2D eigenvalue weighted by Gasteiger charge is -2.12. The minimum Gasteiger partial charge on any atom is -0.268 e. The Bertz CT molecular complexity index is 878. The minimum absolute atomic E-state index is 0.00508. The number of halogens is 1. The molecule has 0 N–H and O–H groups in total. The van der Waals surface area contributed by atoms with Crippen molar-refractivity contribution in [3.8, 4) is 0 Å². The molecule has 9 heteroatoms. The van der Waals surface area contributed by atoms with Gasteiger partial charge in [-0.15, -0.1) is 11.3 Å². The monoisotopic (exact) mass is 380 g/mol. The highest BCUT2D eigenvalue weighted by Gasteiger charge is 2.35. The topological polar surface area (TPSA) is 80.5 Å². The summed E-state index contributed by atoms with van der Waals surface area (Å²) in [5.41, 5.74) is 0.440. The summed E-state index contributed by atoms with van der Waals surface area (Å²) < 4.78 is 0.595. The van der Waals surface area contributed by atoms with Gasteiger partial charge in [0.25, 0.3) is 16.8 Å². The number of nitrogens with zero attached hydrogens (tertiary/aromatic N) is 2. The van der Waals surface area contributed by atoms with E-state index in [9.17, 15) is 19.7 Å². The first kappa shape index (κ1) is 16.7. The van der Waals surface area contributed by atoms with Crippen molar-refractivity contribution in [1.29, 1.82) is 0 Å². The summed E-state index contributed by atoms with van der Waals surface area (Å²) in [7, 11) is 0. The first-order valence-corrected chi connectivity index (χ1v) is 8.69. The Kier molecular flexibility index (Phi) is 4.70. The smallest absolute Gasteiger partial charge is 0.268 e. The second-order valence-corrected chi connectivity index (χ2v) is 7.58. The number of benzene rings is 1. The van der Waals surface area contributed by atoms with E-state index in [-0.39, 0.29) is 12.2 Å². The van der Waals surface area contributed by atoms with Crippen molar-refractivity contribution in [3.63, 3.8) is 0 Å². The van der Waals surface area contributed by atoms with Gasteiger partial charge in [-0.05, 0) is 35.5 Å². The van der Waals surface area contributed by atoms with Gasteiger partial charge in [0.05, 0.1) is 20.7 Å². The number of nitro benzene ring substituents is 1. The van der Waals surface area contributed by atoms with Crippen LogP contribution >= 0.6 is 34.7 Å². The molecule has 0 spiro atoms. The largest absolute Gasteiger partial charge is 0.293 e. The van der Waals surface area contributed by atoms with Crippen LogP contribution in [0.15, 0.2) is 41.3 Å². The fraction of sp³-hybridized carbons (Fsp3) is 0.0667. The first-order valence-electron chi connectivity index (χ1n) is 6.68. The van der Waals surface area contributed by atoms with Crippen LogP contribution in [0.5, 0.6) is 0 Å². The molecule has 1 aliphatic heterocycles. The zero-order chi connectivity index (χ0) is 17.3. The standard InChI is InChI=1S/C15H9ClN2O4S2/c16-13-5-4-11(23-13)7-12-14(19)17(15(20)24-12)8-9-2-1-3-10(6-9)18(21)22/h1-7H,8H2/b12-7-. The maximum Gasteiger partial charge on any atom is 0.293 e. The van der Waals surface area contributed by atoms with Crippen molar-refractivity contribution < 1.29 is 14.5 Å². The Morgan fingerprint density at radius 3 is 2.71 bits per heavy atom. The molecule has 0 atom stereocenters. The molecular weight excluding hydrogens is 372 g/mol. The molecule has 0 bridgehead atoms. The van der Waals surface area contributed by atoms with Crippen LogP contribution in [0.2, 0.25) is 4.34 Å². The third-order valence-corrected chi connectivity index (χ3v) is 5.29. The number of carbonyl (C=O) groups excluding carboxylic acids is 2. The summed E-state index contributed by atoms with van der Waals surface area (Å²) in [5.74, 6) is -0.416. The van der Waals surface area contributed by atoms with Crippen LogP contribution in [0, 0.1) is 10.1 Å². The van der Waals surface area contributed by atoms with Crippen LogP contribution in [-0.4, -0.2) is 21.0 Å². The van der Waals surface area contributed by atoms with E-state index in [4.69, 9.17) is 11.6 Å². The van der Waals surface area contributed by atoms with Crippen molar-refractivity contribution in [2.24, 2.45) is 0 Å². The Morgan fingerprint density at radius 2 is 2.04 bits per heavy atom. The normalized spacial score (nSPS) is 16.2. The van der Waals surface area contributed by atoms with E-state index in [0.717, 1.165) is 21.5 Å². The predicted molar refractivity (Wildman–Crippen MR) is 93.9 cm³/mol. The second-order valence-electron chi connectivity index (χ2n) is 4.84. The van der Waals surface area contributed by atoms with Crippen LogP contribution in [-0.2, 0) is 11.3 Å². The molecule has 3 rings (SSSR count). The number of nitro groups is 1. The fourth-order valence-corrected chi connectivity index (χ4v) is 4.03. The third kappa shape index (κ3) is 3.50. The molecule has 0 saturated carbocycles. The van der Waals surface area contributed by atoms with Gasteiger partial charge in [-0.2, -0.15) is 0 Å². The highest BCUT2D eigenvalue weighted by molar-refractivity contribution is 8.18. The van der Waals surface area contributed by atoms with Gasteiger partial charge in [0.15, 0.2) is 0 Å². The number of thioether (sulfide) groups is 1. The molecule has 24 heavy (non-hydrogen) atoms. The molecule has 1 fully saturated rings.